The summed E-state index contributed by atoms with van der Waals surface area (Å²) in [5.41, 5.74) is -0.259. The van der Waals surface area contributed by atoms with Crippen molar-refractivity contribution in [2.45, 2.75) is 155 Å². The van der Waals surface area contributed by atoms with Gasteiger partial charge in [0.05, 0.1) is 0 Å². The van der Waals surface area contributed by atoms with Gasteiger partial charge >= 0.3 is 17.4 Å². The van der Waals surface area contributed by atoms with Crippen molar-refractivity contribution in [3.8, 4) is 0 Å². The predicted octanol–water partition coefficient (Wildman–Crippen LogP) is 6.54. The largest absolute Gasteiger partial charge is 3.00 e. The fraction of sp³-hybridized carbons (Fsp3) is 1.00. The number of rotatable bonds is 18. The van der Waals surface area contributed by atoms with E-state index in [-0.39, 0.29) is 34.3 Å². The molecule has 0 aliphatic carbocycles. The van der Waals surface area contributed by atoms with Crippen LogP contribution in [0.1, 0.15) is 138 Å². The first-order chi connectivity index (χ1) is 15.5. The Labute approximate surface area is 224 Å². The van der Waals surface area contributed by atoms with Crippen LogP contribution in [0.15, 0.2) is 0 Å². The molecular weight excluding hydrogens is 529 g/mol. The van der Waals surface area contributed by atoms with Gasteiger partial charge in [-0.25, -0.2) is 0 Å². The molecule has 207 valence electrons. The third-order valence-electron chi connectivity index (χ3n) is 5.68. The predicted molar refractivity (Wildman–Crippen MR) is 142 cm³/mol. The van der Waals surface area contributed by atoms with Crippen LogP contribution in [-0.2, 0) is 31.1 Å². The van der Waals surface area contributed by atoms with Crippen LogP contribution in [0.3, 0.4) is 0 Å². The van der Waals surface area contributed by atoms with Crippen LogP contribution in [0.4, 0.5) is 0 Å². The molecule has 0 aliphatic rings. The molecule has 0 spiro atoms. The van der Waals surface area contributed by atoms with Crippen molar-refractivity contribution in [3.05, 3.63) is 0 Å². The number of hydrogen-bond acceptors (Lipinski definition) is 6. The van der Waals surface area contributed by atoms with Crippen LogP contribution >= 0.6 is 24.1 Å². The zero-order valence-electron chi connectivity index (χ0n) is 22.7. The quantitative estimate of drug-likeness (QED) is 0.133. The maximum Gasteiger partial charge on any atom is 3.00 e. The van der Waals surface area contributed by atoms with Gasteiger partial charge in [-0.05, 0) is 36.2 Å². The molecule has 34 heavy (non-hydrogen) atoms. The fourth-order valence-electron chi connectivity index (χ4n) is 2.99. The van der Waals surface area contributed by atoms with Gasteiger partial charge in [-0.1, -0.05) is 119 Å². The molecular formula is C24H54CrO6P3. The van der Waals surface area contributed by atoms with E-state index in [1.807, 2.05) is 0 Å². The van der Waals surface area contributed by atoms with Crippen LogP contribution in [0, 0.1) is 0 Å². The summed E-state index contributed by atoms with van der Waals surface area (Å²) in [6.07, 6.45) is 16.6. The molecule has 0 saturated heterocycles. The minimum atomic E-state index is -2.50. The third-order valence-corrected chi connectivity index (χ3v) is 8.96. The monoisotopic (exact) mass is 583 g/mol. The minimum Gasteiger partial charge on any atom is -0.801 e. The molecule has 0 heterocycles. The number of unbranched alkanes of at least 4 members (excludes halogenated alkanes) is 9. The first-order valence-corrected chi connectivity index (χ1v) is 17.4. The Bertz CT molecular complexity index is 417. The summed E-state index contributed by atoms with van der Waals surface area (Å²) in [7, 11) is -7.50. The van der Waals surface area contributed by atoms with E-state index in [4.69, 9.17) is 0 Å². The molecule has 0 saturated carbocycles. The average molecular weight is 584 g/mol. The molecule has 0 aromatic heterocycles. The molecule has 0 aromatic rings. The Morgan fingerprint density at radius 3 is 0.824 bits per heavy atom. The first kappa shape index (κ1) is 42.2. The van der Waals surface area contributed by atoms with E-state index in [9.17, 15) is 28.4 Å². The van der Waals surface area contributed by atoms with Crippen LogP contribution in [0.2, 0.25) is 0 Å². The van der Waals surface area contributed by atoms with Gasteiger partial charge in [-0.2, -0.15) is 0 Å². The summed E-state index contributed by atoms with van der Waals surface area (Å²) in [6.45, 7) is 11.8. The summed E-state index contributed by atoms with van der Waals surface area (Å²) in [6, 6.07) is 0. The standard InChI is InChI=1S/3C8H19O2P.Cr/c3*1-3-4-5-6-7-8(2)11(9)10;/h3*8,11H,3-7H2,1-2H3,(H,9,10);/q;;;+3/p-3. The van der Waals surface area contributed by atoms with E-state index < -0.39 is 24.1 Å². The van der Waals surface area contributed by atoms with E-state index in [1.54, 1.807) is 20.8 Å². The maximum atomic E-state index is 10.4. The molecule has 0 aliphatic heterocycles. The first-order valence-electron chi connectivity index (χ1n) is 13.2. The van der Waals surface area contributed by atoms with Gasteiger partial charge in [-0.15, -0.1) is 0 Å². The zero-order valence-corrected chi connectivity index (χ0v) is 27.0. The van der Waals surface area contributed by atoms with Gasteiger partial charge in [0.15, 0.2) is 0 Å². The van der Waals surface area contributed by atoms with Crippen LogP contribution in [-0.4, -0.2) is 17.0 Å². The molecule has 0 amide bonds. The normalized spacial score (nSPS) is 15.8. The van der Waals surface area contributed by atoms with Crippen molar-refractivity contribution in [3.63, 3.8) is 0 Å². The van der Waals surface area contributed by atoms with Gasteiger partial charge in [-0.3, -0.25) is 0 Å². The van der Waals surface area contributed by atoms with E-state index in [0.29, 0.717) is 0 Å². The van der Waals surface area contributed by atoms with Gasteiger partial charge in [0.1, 0.15) is 0 Å². The van der Waals surface area contributed by atoms with Crippen molar-refractivity contribution in [1.82, 2.24) is 0 Å². The molecule has 1 radical (unpaired) electrons. The van der Waals surface area contributed by atoms with Crippen molar-refractivity contribution in [1.29, 1.82) is 0 Å². The summed E-state index contributed by atoms with van der Waals surface area (Å²) >= 11 is 0. The van der Waals surface area contributed by atoms with E-state index >= 15 is 0 Å². The molecule has 0 aromatic carbocycles. The summed E-state index contributed by atoms with van der Waals surface area (Å²) < 4.78 is 31.3. The zero-order chi connectivity index (χ0) is 26.1. The molecule has 0 bridgehead atoms. The Morgan fingerprint density at radius 2 is 0.676 bits per heavy atom. The molecule has 6 atom stereocenters. The second kappa shape index (κ2) is 32.1. The minimum absolute atomic E-state index is 0. The van der Waals surface area contributed by atoms with Gasteiger partial charge < -0.3 is 28.4 Å². The Kier molecular flexibility index (Phi) is 39.9. The summed E-state index contributed by atoms with van der Waals surface area (Å²) in [5.74, 6) is 0. The smallest absolute Gasteiger partial charge is 0.801 e. The Hall–Kier alpha value is 1.10. The van der Waals surface area contributed by atoms with Gasteiger partial charge in [0.2, 0.25) is 0 Å². The third kappa shape index (κ3) is 35.3. The average Bonchev–Trinajstić information content (AvgIpc) is 2.77. The second-order valence-electron chi connectivity index (χ2n) is 9.21. The van der Waals surface area contributed by atoms with Gasteiger partial charge in [0.25, 0.3) is 0 Å². The maximum absolute atomic E-state index is 10.4. The van der Waals surface area contributed by atoms with Crippen molar-refractivity contribution >= 4 is 24.1 Å². The topological polar surface area (TPSA) is 120 Å². The number of hydrogen-bond donors (Lipinski definition) is 0. The molecule has 0 fully saturated rings. The SMILES string of the molecule is CCCCCCC(C)[PH](=O)[O-].CCCCCCC(C)[PH](=O)[O-].CCCCCCC(C)[PH](=O)[O-].[Cr+3]. The summed E-state index contributed by atoms with van der Waals surface area (Å²) in [4.78, 5) is 31.3. The van der Waals surface area contributed by atoms with E-state index in [2.05, 4.69) is 20.8 Å². The van der Waals surface area contributed by atoms with E-state index in [1.165, 1.54) is 57.8 Å². The Morgan fingerprint density at radius 1 is 0.471 bits per heavy atom. The van der Waals surface area contributed by atoms with Crippen LogP contribution < -0.4 is 14.7 Å². The van der Waals surface area contributed by atoms with Crippen LogP contribution in [0.5, 0.6) is 0 Å². The fourth-order valence-corrected chi connectivity index (χ4v) is 4.30. The molecule has 0 rings (SSSR count). The van der Waals surface area contributed by atoms with Crippen molar-refractivity contribution in [2.24, 2.45) is 0 Å². The molecule has 10 heteroatoms. The van der Waals surface area contributed by atoms with Gasteiger partial charge in [0, 0.05) is 24.1 Å². The molecule has 6 unspecified atom stereocenters. The van der Waals surface area contributed by atoms with Crippen LogP contribution in [0.25, 0.3) is 0 Å². The Balaban J connectivity index is -0.000000196. The molecule has 0 N–H and O–H groups in total. The summed E-state index contributed by atoms with van der Waals surface area (Å²) in [5, 5.41) is 0. The van der Waals surface area contributed by atoms with E-state index in [0.717, 1.165) is 38.5 Å². The second-order valence-corrected chi connectivity index (χ2v) is 14.1. The molecule has 6 nitrogen and oxygen atoms in total. The van der Waals surface area contributed by atoms with Crippen molar-refractivity contribution < 1.29 is 45.7 Å². The van der Waals surface area contributed by atoms with Crippen molar-refractivity contribution in [2.75, 3.05) is 0 Å².